The average Bonchev–Trinajstić information content (AvgIpc) is 2.53. The fourth-order valence-electron chi connectivity index (χ4n) is 2.72. The zero-order valence-corrected chi connectivity index (χ0v) is 11.8. The van der Waals surface area contributed by atoms with Gasteiger partial charge in [0, 0.05) is 0 Å². The number of phenols is 1. The molecule has 0 saturated carbocycles. The van der Waals surface area contributed by atoms with Gasteiger partial charge in [-0.1, -0.05) is 24.3 Å². The van der Waals surface area contributed by atoms with Gasteiger partial charge < -0.3 is 9.84 Å². The lowest BCUT2D eigenvalue weighted by Gasteiger charge is -2.19. The van der Waals surface area contributed by atoms with E-state index in [1.807, 2.05) is 24.3 Å². The predicted octanol–water partition coefficient (Wildman–Crippen LogP) is 3.56. The third kappa shape index (κ3) is 2.55. The fraction of sp³-hybridized carbons (Fsp3) is 0.167. The normalized spacial score (nSPS) is 13.3. The quantitative estimate of drug-likeness (QED) is 0.856. The molecule has 0 amide bonds. The van der Waals surface area contributed by atoms with Crippen LogP contribution in [0.1, 0.15) is 33.5 Å². The summed E-state index contributed by atoms with van der Waals surface area (Å²) in [5, 5.41) is 9.67. The summed E-state index contributed by atoms with van der Waals surface area (Å²) in [5.41, 5.74) is 4.80. The molecule has 0 atom stereocenters. The number of allylic oxidation sites excluding steroid dienone is 1. The number of rotatable bonds is 2. The zero-order chi connectivity index (χ0) is 14.8. The highest BCUT2D eigenvalue weighted by Gasteiger charge is 2.17. The molecule has 0 bridgehead atoms. The summed E-state index contributed by atoms with van der Waals surface area (Å²) < 4.78 is 4.79. The van der Waals surface area contributed by atoms with Crippen LogP contribution in [-0.4, -0.2) is 18.2 Å². The highest BCUT2D eigenvalue weighted by atomic mass is 16.5. The zero-order valence-electron chi connectivity index (χ0n) is 11.8. The molecule has 0 aliphatic heterocycles. The summed E-state index contributed by atoms with van der Waals surface area (Å²) in [5.74, 6) is -0.0942. The van der Waals surface area contributed by atoms with Crippen molar-refractivity contribution < 1.29 is 14.6 Å². The number of methoxy groups -OCH3 is 1. The van der Waals surface area contributed by atoms with Gasteiger partial charge in [-0.3, -0.25) is 0 Å². The number of aromatic hydroxyl groups is 1. The van der Waals surface area contributed by atoms with Gasteiger partial charge in [0.2, 0.25) is 0 Å². The Hall–Kier alpha value is -2.55. The molecule has 1 N–H and O–H groups in total. The molecular formula is C18H16O3. The Morgan fingerprint density at radius 3 is 2.81 bits per heavy atom. The molecule has 0 spiro atoms. The number of hydrogen-bond donors (Lipinski definition) is 1. The first-order valence-electron chi connectivity index (χ1n) is 6.90. The molecule has 1 aliphatic rings. The Morgan fingerprint density at radius 1 is 1.19 bits per heavy atom. The summed E-state index contributed by atoms with van der Waals surface area (Å²) in [6.45, 7) is 0. The van der Waals surface area contributed by atoms with Crippen LogP contribution in [0.4, 0.5) is 0 Å². The second kappa shape index (κ2) is 5.44. The third-order valence-corrected chi connectivity index (χ3v) is 3.74. The van der Waals surface area contributed by atoms with Crippen LogP contribution in [-0.2, 0) is 11.2 Å². The summed E-state index contributed by atoms with van der Waals surface area (Å²) in [6, 6.07) is 12.8. The first-order chi connectivity index (χ1) is 10.2. The largest absolute Gasteiger partial charge is 0.508 e. The van der Waals surface area contributed by atoms with Crippen molar-refractivity contribution in [2.75, 3.05) is 7.11 Å². The van der Waals surface area contributed by atoms with E-state index in [0.717, 1.165) is 29.5 Å². The van der Waals surface area contributed by atoms with Crippen LogP contribution in [0.5, 0.6) is 5.75 Å². The van der Waals surface area contributed by atoms with Gasteiger partial charge in [0.25, 0.3) is 0 Å². The van der Waals surface area contributed by atoms with Crippen molar-refractivity contribution in [3.05, 3.63) is 70.8 Å². The van der Waals surface area contributed by atoms with Gasteiger partial charge in [-0.15, -0.1) is 0 Å². The van der Waals surface area contributed by atoms with Gasteiger partial charge in [-0.05, 0) is 59.4 Å². The van der Waals surface area contributed by atoms with E-state index in [9.17, 15) is 9.90 Å². The summed E-state index contributed by atoms with van der Waals surface area (Å²) >= 11 is 0. The first kappa shape index (κ1) is 13.4. The molecule has 0 saturated heterocycles. The maximum Gasteiger partial charge on any atom is 0.337 e. The number of esters is 1. The van der Waals surface area contributed by atoms with E-state index in [4.69, 9.17) is 4.74 Å². The van der Waals surface area contributed by atoms with Crippen LogP contribution in [0.3, 0.4) is 0 Å². The number of carbonyl (C=O) groups is 1. The SMILES string of the molecule is COC(=O)c1ccc2c(c1)C(c1cccc(O)c1)=CCC2. The molecule has 0 radical (unpaired) electrons. The highest BCUT2D eigenvalue weighted by molar-refractivity contribution is 5.92. The third-order valence-electron chi connectivity index (χ3n) is 3.74. The second-order valence-corrected chi connectivity index (χ2v) is 5.07. The molecule has 3 rings (SSSR count). The van der Waals surface area contributed by atoms with Crippen LogP contribution in [0.25, 0.3) is 5.57 Å². The lowest BCUT2D eigenvalue weighted by atomic mass is 9.86. The maximum atomic E-state index is 11.7. The van der Waals surface area contributed by atoms with Crippen molar-refractivity contribution in [1.82, 2.24) is 0 Å². The van der Waals surface area contributed by atoms with Crippen molar-refractivity contribution in [1.29, 1.82) is 0 Å². The van der Waals surface area contributed by atoms with Gasteiger partial charge in [-0.2, -0.15) is 0 Å². The Balaban J connectivity index is 2.10. The Bertz CT molecular complexity index is 729. The molecule has 2 aromatic rings. The van der Waals surface area contributed by atoms with E-state index in [1.165, 1.54) is 12.7 Å². The standard InChI is InChI=1S/C18H16O3/c1-21-18(20)14-9-8-12-4-3-7-16(17(12)11-14)13-5-2-6-15(19)10-13/h2,5-11,19H,3-4H2,1H3. The molecule has 106 valence electrons. The monoisotopic (exact) mass is 280 g/mol. The minimum Gasteiger partial charge on any atom is -0.508 e. The van der Waals surface area contributed by atoms with Gasteiger partial charge in [-0.25, -0.2) is 4.79 Å². The number of fused-ring (bicyclic) bond motifs is 1. The van der Waals surface area contributed by atoms with Crippen LogP contribution in [0, 0.1) is 0 Å². The van der Waals surface area contributed by atoms with Crippen molar-refractivity contribution in [3.8, 4) is 5.75 Å². The lowest BCUT2D eigenvalue weighted by molar-refractivity contribution is 0.0600. The molecule has 21 heavy (non-hydrogen) atoms. The molecule has 0 fully saturated rings. The van der Waals surface area contributed by atoms with Crippen LogP contribution < -0.4 is 0 Å². The van der Waals surface area contributed by atoms with E-state index in [0.29, 0.717) is 5.56 Å². The maximum absolute atomic E-state index is 11.7. The van der Waals surface area contributed by atoms with Gasteiger partial charge >= 0.3 is 5.97 Å². The van der Waals surface area contributed by atoms with Gasteiger partial charge in [0.1, 0.15) is 5.75 Å². The van der Waals surface area contributed by atoms with E-state index in [1.54, 1.807) is 18.2 Å². The number of hydrogen-bond acceptors (Lipinski definition) is 3. The number of carbonyl (C=O) groups excluding carboxylic acids is 1. The van der Waals surface area contributed by atoms with Crippen LogP contribution in [0.2, 0.25) is 0 Å². The fourth-order valence-corrected chi connectivity index (χ4v) is 2.72. The molecule has 0 heterocycles. The number of ether oxygens (including phenoxy) is 1. The Kier molecular flexibility index (Phi) is 3.48. The highest BCUT2D eigenvalue weighted by Crippen LogP contribution is 2.33. The van der Waals surface area contributed by atoms with E-state index >= 15 is 0 Å². The lowest BCUT2D eigenvalue weighted by Crippen LogP contribution is -2.06. The summed E-state index contributed by atoms with van der Waals surface area (Å²) in [6.07, 6.45) is 4.06. The molecule has 0 unspecified atom stereocenters. The molecule has 2 aromatic carbocycles. The molecule has 3 nitrogen and oxygen atoms in total. The van der Waals surface area contributed by atoms with Crippen molar-refractivity contribution in [2.45, 2.75) is 12.8 Å². The minimum absolute atomic E-state index is 0.240. The summed E-state index contributed by atoms with van der Waals surface area (Å²) in [4.78, 5) is 11.7. The number of phenolic OH excluding ortho intramolecular Hbond substituents is 1. The summed E-state index contributed by atoms with van der Waals surface area (Å²) in [7, 11) is 1.38. The van der Waals surface area contributed by atoms with Crippen molar-refractivity contribution >= 4 is 11.5 Å². The smallest absolute Gasteiger partial charge is 0.337 e. The van der Waals surface area contributed by atoms with Crippen molar-refractivity contribution in [3.63, 3.8) is 0 Å². The first-order valence-corrected chi connectivity index (χ1v) is 6.90. The van der Waals surface area contributed by atoms with Crippen LogP contribution in [0.15, 0.2) is 48.5 Å². The van der Waals surface area contributed by atoms with E-state index in [-0.39, 0.29) is 11.7 Å². The molecule has 0 aromatic heterocycles. The predicted molar refractivity (Wildman–Crippen MR) is 81.3 cm³/mol. The molecule has 3 heteroatoms. The van der Waals surface area contributed by atoms with Crippen LogP contribution >= 0.6 is 0 Å². The molecule has 1 aliphatic carbocycles. The van der Waals surface area contributed by atoms with E-state index in [2.05, 4.69) is 6.08 Å². The number of aryl methyl sites for hydroxylation is 1. The number of benzene rings is 2. The molecular weight excluding hydrogens is 264 g/mol. The average molecular weight is 280 g/mol. The van der Waals surface area contributed by atoms with Gasteiger partial charge in [0.05, 0.1) is 12.7 Å². The Labute approximate surface area is 123 Å². The topological polar surface area (TPSA) is 46.5 Å². The van der Waals surface area contributed by atoms with E-state index < -0.39 is 0 Å². The second-order valence-electron chi connectivity index (χ2n) is 5.07. The van der Waals surface area contributed by atoms with Crippen molar-refractivity contribution in [2.24, 2.45) is 0 Å². The van der Waals surface area contributed by atoms with Gasteiger partial charge in [0.15, 0.2) is 0 Å². The minimum atomic E-state index is -0.335. The Morgan fingerprint density at radius 2 is 2.05 bits per heavy atom.